The molecule has 22 heavy (non-hydrogen) atoms. The number of halogens is 1. The second kappa shape index (κ2) is 5.66. The zero-order valence-corrected chi connectivity index (χ0v) is 14.0. The lowest BCUT2D eigenvalue weighted by Gasteiger charge is -2.11. The molecule has 2 aromatic heterocycles. The molecule has 112 valence electrons. The quantitative estimate of drug-likeness (QED) is 0.757. The number of hydrogen-bond donors (Lipinski definition) is 1. The monoisotopic (exact) mass is 377 g/mol. The molecule has 0 aliphatic rings. The van der Waals surface area contributed by atoms with Crippen molar-refractivity contribution >= 4 is 42.5 Å². The molecule has 0 saturated carbocycles. The summed E-state index contributed by atoms with van der Waals surface area (Å²) < 4.78 is 28.5. The van der Waals surface area contributed by atoms with Gasteiger partial charge in [0.1, 0.15) is 5.82 Å². The van der Waals surface area contributed by atoms with Gasteiger partial charge < -0.3 is 0 Å². The predicted octanol–water partition coefficient (Wildman–Crippen LogP) is 3.50. The van der Waals surface area contributed by atoms with E-state index in [1.54, 1.807) is 42.9 Å². The average molecular weight is 378 g/mol. The third-order valence-corrected chi connectivity index (χ3v) is 5.14. The first-order valence-electron chi connectivity index (χ1n) is 6.45. The van der Waals surface area contributed by atoms with Crippen molar-refractivity contribution in [3.8, 4) is 0 Å². The summed E-state index contributed by atoms with van der Waals surface area (Å²) in [6, 6.07) is 8.55. The number of hydrogen-bond acceptors (Lipinski definition) is 4. The molecule has 2 heterocycles. The number of nitrogens with one attached hydrogen (secondary N) is 1. The van der Waals surface area contributed by atoms with E-state index in [9.17, 15) is 8.42 Å². The highest BCUT2D eigenvalue weighted by Gasteiger charge is 2.19. The van der Waals surface area contributed by atoms with E-state index in [4.69, 9.17) is 0 Å². The highest BCUT2D eigenvalue weighted by molar-refractivity contribution is 9.10. The molecule has 0 bridgehead atoms. The first-order chi connectivity index (χ1) is 10.5. The Hall–Kier alpha value is -1.99. The van der Waals surface area contributed by atoms with Crippen LogP contribution in [0.5, 0.6) is 0 Å². The Balaban J connectivity index is 2.14. The Morgan fingerprint density at radius 1 is 1.18 bits per heavy atom. The number of fused-ring (bicyclic) bond motifs is 1. The minimum absolute atomic E-state index is 0.183. The van der Waals surface area contributed by atoms with Crippen molar-refractivity contribution in [3.63, 3.8) is 0 Å². The van der Waals surface area contributed by atoms with Gasteiger partial charge in [-0.1, -0.05) is 12.1 Å². The Kier molecular flexibility index (Phi) is 3.84. The zero-order chi connectivity index (χ0) is 15.7. The summed E-state index contributed by atoms with van der Waals surface area (Å²) in [5, 5.41) is 1.34. The van der Waals surface area contributed by atoms with Crippen molar-refractivity contribution in [3.05, 3.63) is 59.0 Å². The van der Waals surface area contributed by atoms with Crippen molar-refractivity contribution < 1.29 is 8.42 Å². The van der Waals surface area contributed by atoms with Crippen LogP contribution in [-0.4, -0.2) is 18.4 Å². The molecule has 5 nitrogen and oxygen atoms in total. The minimum atomic E-state index is -3.75. The van der Waals surface area contributed by atoms with Gasteiger partial charge in [0, 0.05) is 33.8 Å². The van der Waals surface area contributed by atoms with E-state index >= 15 is 0 Å². The second-order valence-corrected chi connectivity index (χ2v) is 7.30. The van der Waals surface area contributed by atoms with Crippen LogP contribution in [0.3, 0.4) is 0 Å². The van der Waals surface area contributed by atoms with Gasteiger partial charge in [-0.3, -0.25) is 9.71 Å². The van der Waals surface area contributed by atoms with Gasteiger partial charge in [-0.25, -0.2) is 13.4 Å². The smallest absolute Gasteiger partial charge is 0.263 e. The number of benzene rings is 1. The maximum Gasteiger partial charge on any atom is 0.263 e. The Morgan fingerprint density at radius 3 is 2.77 bits per heavy atom. The van der Waals surface area contributed by atoms with E-state index in [1.165, 1.54) is 0 Å². The number of sulfonamides is 1. The fourth-order valence-electron chi connectivity index (χ4n) is 2.17. The van der Waals surface area contributed by atoms with E-state index in [2.05, 4.69) is 30.6 Å². The molecule has 1 aromatic carbocycles. The maximum atomic E-state index is 12.7. The van der Waals surface area contributed by atoms with Crippen molar-refractivity contribution in [2.75, 3.05) is 4.72 Å². The van der Waals surface area contributed by atoms with E-state index in [-0.39, 0.29) is 4.90 Å². The SMILES string of the molecule is Cc1ccnc(NS(=O)(=O)c2cccc3cncc(Br)c23)c1. The standard InChI is InChI=1S/C15H12BrN3O2S/c1-10-5-6-18-14(7-10)19-22(20,21)13-4-2-3-11-8-17-9-12(16)15(11)13/h2-9H,1H3,(H,18,19). The third kappa shape index (κ3) is 2.82. The lowest BCUT2D eigenvalue weighted by Crippen LogP contribution is -2.14. The van der Waals surface area contributed by atoms with Gasteiger partial charge in [0.2, 0.25) is 0 Å². The number of aryl methyl sites for hydroxylation is 1. The Bertz CT molecular complexity index is 953. The summed E-state index contributed by atoms with van der Waals surface area (Å²) in [4.78, 5) is 8.28. The summed E-state index contributed by atoms with van der Waals surface area (Å²) in [7, 11) is -3.75. The number of nitrogens with zero attached hydrogens (tertiary/aromatic N) is 2. The minimum Gasteiger partial charge on any atom is -0.263 e. The summed E-state index contributed by atoms with van der Waals surface area (Å²) in [6.07, 6.45) is 4.77. The van der Waals surface area contributed by atoms with Crippen molar-refractivity contribution in [1.82, 2.24) is 9.97 Å². The second-order valence-electron chi connectivity index (χ2n) is 4.80. The molecule has 0 saturated heterocycles. The number of pyridine rings is 2. The van der Waals surface area contributed by atoms with Gasteiger partial charge in [0.15, 0.2) is 0 Å². The van der Waals surface area contributed by atoms with Gasteiger partial charge >= 0.3 is 0 Å². The molecule has 0 radical (unpaired) electrons. The summed E-state index contributed by atoms with van der Waals surface area (Å²) in [5.74, 6) is 0.294. The van der Waals surface area contributed by atoms with Crippen LogP contribution in [0, 0.1) is 6.92 Å². The number of rotatable bonds is 3. The zero-order valence-electron chi connectivity index (χ0n) is 11.6. The number of anilines is 1. The molecule has 0 atom stereocenters. The van der Waals surface area contributed by atoms with Crippen LogP contribution in [-0.2, 0) is 10.0 Å². The lowest BCUT2D eigenvalue weighted by atomic mass is 10.2. The van der Waals surface area contributed by atoms with Crippen LogP contribution in [0.2, 0.25) is 0 Å². The fraction of sp³-hybridized carbons (Fsp3) is 0.0667. The van der Waals surface area contributed by atoms with E-state index in [0.29, 0.717) is 15.7 Å². The van der Waals surface area contributed by atoms with Gasteiger partial charge in [-0.15, -0.1) is 0 Å². The van der Waals surface area contributed by atoms with Crippen molar-refractivity contribution in [2.24, 2.45) is 0 Å². The van der Waals surface area contributed by atoms with Gasteiger partial charge in [0.25, 0.3) is 10.0 Å². The highest BCUT2D eigenvalue weighted by atomic mass is 79.9. The van der Waals surface area contributed by atoms with E-state index in [0.717, 1.165) is 10.9 Å². The van der Waals surface area contributed by atoms with Crippen molar-refractivity contribution in [1.29, 1.82) is 0 Å². The van der Waals surface area contributed by atoms with Crippen LogP contribution >= 0.6 is 15.9 Å². The third-order valence-electron chi connectivity index (χ3n) is 3.14. The fourth-order valence-corrected chi connectivity index (χ4v) is 4.11. The molecule has 0 unspecified atom stereocenters. The number of aromatic nitrogens is 2. The molecule has 3 rings (SSSR count). The summed E-state index contributed by atoms with van der Waals surface area (Å²) in [6.45, 7) is 1.87. The van der Waals surface area contributed by atoms with Crippen LogP contribution in [0.15, 0.2) is 58.3 Å². The summed E-state index contributed by atoms with van der Waals surface area (Å²) in [5.41, 5.74) is 0.927. The molecule has 0 fully saturated rings. The first kappa shape index (κ1) is 14.9. The molecule has 3 aromatic rings. The molecule has 0 aliphatic carbocycles. The predicted molar refractivity (Wildman–Crippen MR) is 89.2 cm³/mol. The normalized spacial score (nSPS) is 11.5. The van der Waals surface area contributed by atoms with Crippen LogP contribution in [0.25, 0.3) is 10.8 Å². The molecule has 0 spiro atoms. The Morgan fingerprint density at radius 2 is 2.00 bits per heavy atom. The van der Waals surface area contributed by atoms with E-state index in [1.807, 2.05) is 13.0 Å². The molecule has 0 aliphatic heterocycles. The van der Waals surface area contributed by atoms with Gasteiger partial charge in [-0.2, -0.15) is 0 Å². The van der Waals surface area contributed by atoms with Gasteiger partial charge in [0.05, 0.1) is 4.90 Å². The summed E-state index contributed by atoms with van der Waals surface area (Å²) >= 11 is 3.37. The van der Waals surface area contributed by atoms with Gasteiger partial charge in [-0.05, 0) is 46.6 Å². The average Bonchev–Trinajstić information content (AvgIpc) is 2.46. The molecule has 7 heteroatoms. The molecule has 0 amide bonds. The largest absolute Gasteiger partial charge is 0.263 e. The first-order valence-corrected chi connectivity index (χ1v) is 8.73. The Labute approximate surface area is 136 Å². The highest BCUT2D eigenvalue weighted by Crippen LogP contribution is 2.30. The van der Waals surface area contributed by atoms with Crippen LogP contribution < -0.4 is 4.72 Å². The molecule has 1 N–H and O–H groups in total. The molecular formula is C15H12BrN3O2S. The van der Waals surface area contributed by atoms with E-state index < -0.39 is 10.0 Å². The van der Waals surface area contributed by atoms with Crippen LogP contribution in [0.4, 0.5) is 5.82 Å². The topological polar surface area (TPSA) is 72.0 Å². The molecular weight excluding hydrogens is 366 g/mol. The van der Waals surface area contributed by atoms with Crippen molar-refractivity contribution in [2.45, 2.75) is 11.8 Å². The lowest BCUT2D eigenvalue weighted by molar-refractivity contribution is 0.602. The maximum absolute atomic E-state index is 12.7. The van der Waals surface area contributed by atoms with Crippen LogP contribution in [0.1, 0.15) is 5.56 Å².